The number of hydrogen-bond acceptors (Lipinski definition) is 3. The highest BCUT2D eigenvalue weighted by molar-refractivity contribution is 5.93. The zero-order valence-electron chi connectivity index (χ0n) is 35.3. The summed E-state index contributed by atoms with van der Waals surface area (Å²) in [7, 11) is 1.88. The molecule has 0 heterocycles. The van der Waals surface area contributed by atoms with Crippen LogP contribution in [0.5, 0.6) is 0 Å². The van der Waals surface area contributed by atoms with Gasteiger partial charge in [-0.05, 0) is 34.0 Å². The lowest BCUT2D eigenvalue weighted by atomic mass is 9.56. The maximum Gasteiger partial charge on any atom is 0.143 e. The molecule has 0 saturated heterocycles. The van der Waals surface area contributed by atoms with Crippen LogP contribution in [-0.4, -0.2) is 29.3 Å². The summed E-state index contributed by atoms with van der Waals surface area (Å²) in [6, 6.07) is 0. The van der Waals surface area contributed by atoms with Crippen molar-refractivity contribution >= 4 is 11.5 Å². The van der Waals surface area contributed by atoms with E-state index in [1.165, 1.54) is 5.71 Å². The second kappa shape index (κ2) is 15.3. The summed E-state index contributed by atoms with van der Waals surface area (Å²) in [5.74, 6) is 0.319. The Balaban J connectivity index is -0.000000236. The lowest BCUT2D eigenvalue weighted by Gasteiger charge is -2.49. The molecular weight excluding hydrogens is 526 g/mol. The summed E-state index contributed by atoms with van der Waals surface area (Å²) >= 11 is 0. The molecule has 0 aliphatic carbocycles. The van der Waals surface area contributed by atoms with Crippen LogP contribution in [0.3, 0.4) is 0 Å². The van der Waals surface area contributed by atoms with Crippen LogP contribution < -0.4 is 0 Å². The van der Waals surface area contributed by atoms with Gasteiger partial charge in [0.15, 0.2) is 0 Å². The van der Waals surface area contributed by atoms with Gasteiger partial charge >= 0.3 is 0 Å². The minimum absolute atomic E-state index is 0.0642. The SMILES string of the molecule is CC(C)(C)C(=O)C(C)(C)C.CC(C)(C)C(C)(C)C(C)(C)C.CC(C)(C)C(C)(O)C(C)(C)C.CN=C(C(C)(C)C)C(C)(C)C. The molecule has 0 aromatic carbocycles. The fraction of sp³-hybridized carbons (Fsp3) is 0.950. The summed E-state index contributed by atoms with van der Waals surface area (Å²) in [6.45, 7) is 57.9. The van der Waals surface area contributed by atoms with Crippen molar-refractivity contribution in [1.29, 1.82) is 0 Å². The molecule has 0 spiro atoms. The van der Waals surface area contributed by atoms with Gasteiger partial charge in [0.25, 0.3) is 0 Å². The Hall–Kier alpha value is -0.700. The maximum absolute atomic E-state index is 11.5. The molecule has 0 fully saturated rings. The van der Waals surface area contributed by atoms with Crippen LogP contribution in [0.1, 0.15) is 187 Å². The summed E-state index contributed by atoms with van der Waals surface area (Å²) in [5, 5.41) is 10.2. The highest BCUT2D eigenvalue weighted by atomic mass is 16.3. The third kappa shape index (κ3) is 17.0. The Morgan fingerprint density at radius 1 is 0.395 bits per heavy atom. The molecule has 0 bridgehead atoms. The number of hydrogen-bond donors (Lipinski definition) is 1. The van der Waals surface area contributed by atoms with Gasteiger partial charge in [-0.3, -0.25) is 9.79 Å². The first-order valence-corrected chi connectivity index (χ1v) is 16.6. The quantitative estimate of drug-likeness (QED) is 0.277. The van der Waals surface area contributed by atoms with Crippen molar-refractivity contribution < 1.29 is 9.90 Å². The molecule has 0 rings (SSSR count). The van der Waals surface area contributed by atoms with E-state index < -0.39 is 5.60 Å². The number of aliphatic imine (C=N–C) groups is 1. The molecule has 0 radical (unpaired) electrons. The summed E-state index contributed by atoms with van der Waals surface area (Å²) in [6.07, 6.45) is 0. The van der Waals surface area contributed by atoms with E-state index >= 15 is 0 Å². The number of aliphatic hydroxyl groups is 1. The van der Waals surface area contributed by atoms with E-state index in [9.17, 15) is 9.90 Å². The Morgan fingerprint density at radius 2 is 0.605 bits per heavy atom. The summed E-state index contributed by atoms with van der Waals surface area (Å²) in [5.41, 5.74) is 1.67. The first-order chi connectivity index (χ1) is 17.8. The highest BCUT2D eigenvalue weighted by Gasteiger charge is 2.45. The normalized spacial score (nSPS) is 14.3. The molecule has 43 heavy (non-hydrogen) atoms. The molecule has 0 saturated carbocycles. The van der Waals surface area contributed by atoms with Crippen LogP contribution in [0.2, 0.25) is 0 Å². The van der Waals surface area contributed by atoms with Gasteiger partial charge in [-0.1, -0.05) is 180 Å². The Bertz CT molecular complexity index is 743. The fourth-order valence-electron chi connectivity index (χ4n) is 5.17. The monoisotopic (exact) mass is 612 g/mol. The van der Waals surface area contributed by atoms with Crippen molar-refractivity contribution in [3.8, 4) is 0 Å². The maximum atomic E-state index is 11.5. The molecule has 1 N–H and O–H groups in total. The van der Waals surface area contributed by atoms with E-state index in [1.54, 1.807) is 0 Å². The predicted octanol–water partition coefficient (Wildman–Crippen LogP) is 12.7. The van der Waals surface area contributed by atoms with Crippen molar-refractivity contribution in [1.82, 2.24) is 0 Å². The largest absolute Gasteiger partial charge is 0.389 e. The van der Waals surface area contributed by atoms with Gasteiger partial charge in [0, 0.05) is 34.4 Å². The Labute approximate surface area is 274 Å². The number of carbonyl (C=O) groups excluding carboxylic acids is 1. The van der Waals surface area contributed by atoms with Crippen molar-refractivity contribution in [2.75, 3.05) is 7.05 Å². The first-order valence-electron chi connectivity index (χ1n) is 16.6. The minimum atomic E-state index is -0.625. The van der Waals surface area contributed by atoms with E-state index in [-0.39, 0.29) is 32.5 Å². The number of nitrogens with zero attached hydrogens (tertiary/aromatic N) is 1. The second-order valence-electron chi connectivity index (χ2n) is 21.6. The van der Waals surface area contributed by atoms with E-state index in [2.05, 4.69) is 143 Å². The Kier molecular flexibility index (Phi) is 17.5. The molecule has 3 nitrogen and oxygen atoms in total. The number of carbonyl (C=O) groups is 1. The number of ketones is 1. The van der Waals surface area contributed by atoms with Crippen LogP contribution in [0, 0.1) is 48.7 Å². The average Bonchev–Trinajstić information content (AvgIpc) is 2.62. The third-order valence-electron chi connectivity index (χ3n) is 9.68. The van der Waals surface area contributed by atoms with Crippen molar-refractivity contribution in [3.05, 3.63) is 0 Å². The van der Waals surface area contributed by atoms with Crippen LogP contribution in [-0.2, 0) is 4.79 Å². The second-order valence-corrected chi connectivity index (χ2v) is 21.6. The topological polar surface area (TPSA) is 49.7 Å². The van der Waals surface area contributed by atoms with Crippen LogP contribution in [0.15, 0.2) is 4.99 Å². The van der Waals surface area contributed by atoms with Crippen molar-refractivity contribution in [2.24, 2.45) is 53.7 Å². The van der Waals surface area contributed by atoms with Crippen LogP contribution in [0.4, 0.5) is 0 Å². The van der Waals surface area contributed by atoms with Crippen LogP contribution in [0.25, 0.3) is 0 Å². The number of Topliss-reactive ketones (excluding diaryl/α,β-unsaturated/α-hetero) is 1. The van der Waals surface area contributed by atoms with Gasteiger partial charge in [-0.15, -0.1) is 0 Å². The Morgan fingerprint density at radius 3 is 0.605 bits per heavy atom. The first kappa shape index (κ1) is 49.2. The molecule has 0 atom stereocenters. The van der Waals surface area contributed by atoms with Gasteiger partial charge in [-0.25, -0.2) is 0 Å². The van der Waals surface area contributed by atoms with E-state index in [1.807, 2.05) is 55.5 Å². The molecule has 0 aromatic rings. The molecule has 0 aromatic heterocycles. The smallest absolute Gasteiger partial charge is 0.143 e. The highest BCUT2D eigenvalue weighted by Crippen LogP contribution is 2.50. The molecular formula is C40H85NO2. The predicted molar refractivity (Wildman–Crippen MR) is 198 cm³/mol. The third-order valence-corrected chi connectivity index (χ3v) is 9.68. The summed E-state index contributed by atoms with van der Waals surface area (Å²) in [4.78, 5) is 15.8. The molecule has 0 aliphatic heterocycles. The van der Waals surface area contributed by atoms with Gasteiger partial charge in [0.2, 0.25) is 0 Å². The van der Waals surface area contributed by atoms with E-state index in [0.717, 1.165) is 0 Å². The lowest BCUT2D eigenvalue weighted by molar-refractivity contribution is -0.134. The van der Waals surface area contributed by atoms with Gasteiger partial charge in [0.05, 0.1) is 5.60 Å². The van der Waals surface area contributed by atoms with E-state index in [0.29, 0.717) is 22.0 Å². The molecule has 0 aliphatic rings. The van der Waals surface area contributed by atoms with E-state index in [4.69, 9.17) is 0 Å². The average molecular weight is 612 g/mol. The molecule has 0 unspecified atom stereocenters. The number of rotatable bonds is 0. The summed E-state index contributed by atoms with van der Waals surface area (Å²) < 4.78 is 0. The standard InChI is InChI=1S/C11H24.C10H21N.C10H22O.C9H18O/c1-9(2,3)11(7,8)10(4,5)6;1-9(2,3)8(11-7)10(4,5)6;1-8(2,3)10(7,11)9(4,5)6;1-8(2,3)7(10)9(4,5)6/h1-8H3;1-7H3;11H,1-7H3;1-6H3. The lowest BCUT2D eigenvalue weighted by Crippen LogP contribution is -2.50. The molecule has 0 amide bonds. The van der Waals surface area contributed by atoms with Gasteiger partial charge in [-0.2, -0.15) is 0 Å². The molecule has 262 valence electrons. The minimum Gasteiger partial charge on any atom is -0.389 e. The van der Waals surface area contributed by atoms with Crippen LogP contribution >= 0.6 is 0 Å². The zero-order chi connectivity index (χ0) is 36.9. The van der Waals surface area contributed by atoms with Crippen molar-refractivity contribution in [3.63, 3.8) is 0 Å². The zero-order valence-corrected chi connectivity index (χ0v) is 35.3. The molecule has 3 heteroatoms. The van der Waals surface area contributed by atoms with Gasteiger partial charge < -0.3 is 5.11 Å². The fourth-order valence-corrected chi connectivity index (χ4v) is 5.17. The van der Waals surface area contributed by atoms with Gasteiger partial charge in [0.1, 0.15) is 5.78 Å². The van der Waals surface area contributed by atoms with Crippen molar-refractivity contribution in [2.45, 2.75) is 193 Å².